The van der Waals surface area contributed by atoms with Crippen molar-refractivity contribution in [3.8, 4) is 0 Å². The van der Waals surface area contributed by atoms with E-state index < -0.39 is 11.5 Å². The maximum Gasteiger partial charge on any atom is 0.329 e. The Kier molecular flexibility index (Phi) is 3.93. The third kappa shape index (κ3) is 2.74. The fourth-order valence-electron chi connectivity index (χ4n) is 2.57. The summed E-state index contributed by atoms with van der Waals surface area (Å²) in [5.41, 5.74) is 0.985. The van der Waals surface area contributed by atoms with E-state index in [0.717, 1.165) is 17.5 Å². The van der Waals surface area contributed by atoms with Crippen LogP contribution in [0, 0.1) is 6.92 Å². The van der Waals surface area contributed by atoms with Gasteiger partial charge in [0.25, 0.3) is 0 Å². The number of nitrogens with zero attached hydrogens (tertiary/aromatic N) is 1. The summed E-state index contributed by atoms with van der Waals surface area (Å²) in [5, 5.41) is 9.30. The first-order chi connectivity index (χ1) is 9.43. The zero-order valence-corrected chi connectivity index (χ0v) is 11.8. The summed E-state index contributed by atoms with van der Waals surface area (Å²) in [7, 11) is 0. The first-order valence-corrected chi connectivity index (χ1v) is 6.73. The number of carbonyl (C=O) groups excluding carboxylic acids is 1. The lowest BCUT2D eigenvalue weighted by atomic mass is 9.99. The molecule has 1 atom stereocenters. The van der Waals surface area contributed by atoms with E-state index >= 15 is 0 Å². The van der Waals surface area contributed by atoms with Crippen LogP contribution in [0.15, 0.2) is 30.3 Å². The molecule has 0 saturated carbocycles. The van der Waals surface area contributed by atoms with Crippen molar-refractivity contribution in [3.63, 3.8) is 0 Å². The normalized spacial score (nSPS) is 22.4. The molecular weight excluding hydrogens is 254 g/mol. The van der Waals surface area contributed by atoms with Crippen LogP contribution in [0.5, 0.6) is 0 Å². The quantitative estimate of drug-likeness (QED) is 0.861. The summed E-state index contributed by atoms with van der Waals surface area (Å²) < 4.78 is 0. The van der Waals surface area contributed by atoms with E-state index in [4.69, 9.17) is 0 Å². The molecule has 0 aliphatic carbocycles. The molecule has 1 heterocycles. The minimum absolute atomic E-state index is 0.242. The van der Waals surface area contributed by atoms with Gasteiger partial charge in [0, 0.05) is 12.6 Å². The maximum absolute atomic E-state index is 12.2. The second-order valence-electron chi connectivity index (χ2n) is 5.42. The molecule has 1 fully saturated rings. The van der Waals surface area contributed by atoms with E-state index in [1.807, 2.05) is 31.2 Å². The average molecular weight is 273 g/mol. The average Bonchev–Trinajstić information content (AvgIpc) is 2.80. The smallest absolute Gasteiger partial charge is 0.329 e. The molecule has 106 valence electrons. The zero-order chi connectivity index (χ0) is 14.8. The molecule has 1 saturated heterocycles. The highest BCUT2D eigenvalue weighted by Crippen LogP contribution is 2.29. The van der Waals surface area contributed by atoms with Crippen molar-refractivity contribution in [1.29, 1.82) is 0 Å². The lowest BCUT2D eigenvalue weighted by Crippen LogP contribution is -2.50. The van der Waals surface area contributed by atoms with E-state index in [2.05, 4.69) is 0 Å². The molecule has 0 spiro atoms. The first-order valence-electron chi connectivity index (χ1n) is 6.73. The molecule has 1 aliphatic heterocycles. The number of aliphatic carboxylic acids is 1. The predicted molar refractivity (Wildman–Crippen MR) is 77.2 cm³/mol. The van der Waals surface area contributed by atoms with Gasteiger partial charge >= 0.3 is 5.97 Å². The van der Waals surface area contributed by atoms with Gasteiger partial charge in [-0.2, -0.15) is 0 Å². The van der Waals surface area contributed by atoms with Gasteiger partial charge < -0.3 is 10.0 Å². The molecule has 1 aromatic rings. The van der Waals surface area contributed by atoms with E-state index in [1.54, 1.807) is 13.0 Å². The Labute approximate surface area is 118 Å². The minimum atomic E-state index is -1.08. The van der Waals surface area contributed by atoms with E-state index in [1.165, 1.54) is 11.0 Å². The van der Waals surface area contributed by atoms with Gasteiger partial charge in [-0.3, -0.25) is 4.79 Å². The molecule has 1 unspecified atom stereocenters. The van der Waals surface area contributed by atoms with Crippen LogP contribution in [0.2, 0.25) is 0 Å². The summed E-state index contributed by atoms with van der Waals surface area (Å²) in [6.07, 6.45) is 4.43. The summed E-state index contributed by atoms with van der Waals surface area (Å²) in [6, 6.07) is 7.80. The Morgan fingerprint density at radius 1 is 1.40 bits per heavy atom. The molecule has 0 bridgehead atoms. The Morgan fingerprint density at radius 3 is 2.80 bits per heavy atom. The molecule has 0 aromatic heterocycles. The number of carboxylic acid groups (broad SMARTS) is 1. The molecule has 1 aromatic carbocycles. The van der Waals surface area contributed by atoms with Gasteiger partial charge in [0.1, 0.15) is 5.54 Å². The highest BCUT2D eigenvalue weighted by molar-refractivity contribution is 5.96. The van der Waals surface area contributed by atoms with E-state index in [9.17, 15) is 14.7 Å². The second-order valence-corrected chi connectivity index (χ2v) is 5.42. The van der Waals surface area contributed by atoms with Crippen molar-refractivity contribution in [1.82, 2.24) is 4.90 Å². The molecule has 1 N–H and O–H groups in total. The van der Waals surface area contributed by atoms with Crippen molar-refractivity contribution in [2.45, 2.75) is 32.2 Å². The van der Waals surface area contributed by atoms with Crippen LogP contribution in [0.4, 0.5) is 0 Å². The largest absolute Gasteiger partial charge is 0.480 e. The van der Waals surface area contributed by atoms with Crippen LogP contribution in [0.1, 0.15) is 30.9 Å². The second kappa shape index (κ2) is 5.49. The predicted octanol–water partition coefficient (Wildman–Crippen LogP) is 2.47. The SMILES string of the molecule is Cc1cccc(C=CC(=O)N2CCCC2(C)C(=O)O)c1. The summed E-state index contributed by atoms with van der Waals surface area (Å²) >= 11 is 0. The number of rotatable bonds is 3. The Bertz CT molecular complexity index is 565. The Hall–Kier alpha value is -2.10. The molecule has 20 heavy (non-hydrogen) atoms. The number of carbonyl (C=O) groups is 2. The van der Waals surface area contributed by atoms with Crippen molar-refractivity contribution in [3.05, 3.63) is 41.5 Å². The van der Waals surface area contributed by atoms with Gasteiger partial charge in [-0.15, -0.1) is 0 Å². The summed E-state index contributed by atoms with van der Waals surface area (Å²) in [4.78, 5) is 25.0. The molecule has 0 radical (unpaired) electrons. The topological polar surface area (TPSA) is 57.6 Å². The Morgan fingerprint density at radius 2 is 2.15 bits per heavy atom. The number of carboxylic acids is 1. The number of benzene rings is 1. The first kappa shape index (κ1) is 14.3. The highest BCUT2D eigenvalue weighted by Gasteiger charge is 2.45. The number of hydrogen-bond acceptors (Lipinski definition) is 2. The molecule has 1 amide bonds. The molecule has 1 aliphatic rings. The lowest BCUT2D eigenvalue weighted by molar-refractivity contribution is -0.153. The van der Waals surface area contributed by atoms with Gasteiger partial charge in [-0.1, -0.05) is 29.8 Å². The fourth-order valence-corrected chi connectivity index (χ4v) is 2.57. The van der Waals surface area contributed by atoms with Gasteiger partial charge in [0.05, 0.1) is 0 Å². The minimum Gasteiger partial charge on any atom is -0.480 e. The van der Waals surface area contributed by atoms with Crippen molar-refractivity contribution >= 4 is 18.0 Å². The summed E-state index contributed by atoms with van der Waals surface area (Å²) in [6.45, 7) is 4.10. The van der Waals surface area contributed by atoms with Gasteiger partial charge in [-0.25, -0.2) is 4.79 Å². The molecule has 4 heteroatoms. The van der Waals surface area contributed by atoms with Gasteiger partial charge in [0.2, 0.25) is 5.91 Å². The van der Waals surface area contributed by atoms with Crippen LogP contribution in [0.3, 0.4) is 0 Å². The fraction of sp³-hybridized carbons (Fsp3) is 0.375. The number of aryl methyl sites for hydroxylation is 1. The molecule has 2 rings (SSSR count). The van der Waals surface area contributed by atoms with Gasteiger partial charge in [0.15, 0.2) is 0 Å². The third-order valence-electron chi connectivity index (χ3n) is 3.83. The molecular formula is C16H19NO3. The monoisotopic (exact) mass is 273 g/mol. The zero-order valence-electron chi connectivity index (χ0n) is 11.8. The van der Waals surface area contributed by atoms with Crippen LogP contribution in [-0.4, -0.2) is 34.0 Å². The molecule has 4 nitrogen and oxygen atoms in total. The number of amides is 1. The lowest BCUT2D eigenvalue weighted by Gasteiger charge is -2.30. The third-order valence-corrected chi connectivity index (χ3v) is 3.83. The van der Waals surface area contributed by atoms with E-state index in [-0.39, 0.29) is 5.91 Å². The standard InChI is InChI=1S/C16H19NO3/c1-12-5-3-6-13(11-12)7-8-14(18)17-10-4-9-16(17,2)15(19)20/h3,5-8,11H,4,9-10H2,1-2H3,(H,19,20). The Balaban J connectivity index is 2.14. The number of likely N-dealkylation sites (tertiary alicyclic amines) is 1. The van der Waals surface area contributed by atoms with Crippen LogP contribution in [-0.2, 0) is 9.59 Å². The highest BCUT2D eigenvalue weighted by atomic mass is 16.4. The number of hydrogen-bond donors (Lipinski definition) is 1. The van der Waals surface area contributed by atoms with Crippen LogP contribution in [0.25, 0.3) is 6.08 Å². The maximum atomic E-state index is 12.2. The van der Waals surface area contributed by atoms with Crippen LogP contribution < -0.4 is 0 Å². The summed E-state index contributed by atoms with van der Waals surface area (Å²) in [5.74, 6) is -1.18. The van der Waals surface area contributed by atoms with Crippen LogP contribution >= 0.6 is 0 Å². The van der Waals surface area contributed by atoms with Crippen molar-refractivity contribution in [2.24, 2.45) is 0 Å². The van der Waals surface area contributed by atoms with Gasteiger partial charge in [-0.05, 0) is 38.3 Å². The van der Waals surface area contributed by atoms with E-state index in [0.29, 0.717) is 13.0 Å². The van der Waals surface area contributed by atoms with Crippen molar-refractivity contribution < 1.29 is 14.7 Å². The van der Waals surface area contributed by atoms with Crippen molar-refractivity contribution in [2.75, 3.05) is 6.54 Å².